The van der Waals surface area contributed by atoms with Gasteiger partial charge < -0.3 is 10.6 Å². The molecule has 76 valence electrons. The van der Waals surface area contributed by atoms with Crippen LogP contribution < -0.4 is 5.73 Å². The molecule has 2 heterocycles. The Morgan fingerprint density at radius 2 is 2.36 bits per heavy atom. The minimum Gasteiger partial charge on any atom is -0.335 e. The molecule has 0 unspecified atom stereocenters. The summed E-state index contributed by atoms with van der Waals surface area (Å²) in [5.74, 6) is 0.0131. The lowest BCUT2D eigenvalue weighted by Crippen LogP contribution is -2.66. The molecular weight excluding hydrogens is 180 g/mol. The summed E-state index contributed by atoms with van der Waals surface area (Å²) in [7, 11) is 0. The number of likely N-dealkylation sites (tertiary alicyclic amines) is 1. The van der Waals surface area contributed by atoms with Crippen LogP contribution in [-0.2, 0) is 0 Å². The largest absolute Gasteiger partial charge is 0.335 e. The van der Waals surface area contributed by atoms with Crippen LogP contribution in [0, 0.1) is 6.92 Å². The number of carbonyl (C=O) groups is 1. The van der Waals surface area contributed by atoms with Crippen LogP contribution in [0.25, 0.3) is 0 Å². The minimum atomic E-state index is -0.215. The van der Waals surface area contributed by atoms with E-state index in [1.165, 1.54) is 0 Å². The maximum atomic E-state index is 11.8. The zero-order valence-electron chi connectivity index (χ0n) is 8.37. The molecule has 0 aromatic carbocycles. The Morgan fingerprint density at radius 1 is 1.71 bits per heavy atom. The number of amides is 1. The van der Waals surface area contributed by atoms with Crippen molar-refractivity contribution in [3.8, 4) is 0 Å². The van der Waals surface area contributed by atoms with E-state index in [9.17, 15) is 4.79 Å². The molecule has 5 nitrogen and oxygen atoms in total. The minimum absolute atomic E-state index is 0.0131. The zero-order valence-corrected chi connectivity index (χ0v) is 8.37. The number of carbonyl (C=O) groups excluding carboxylic acids is 1. The Labute approximate surface area is 82.3 Å². The summed E-state index contributed by atoms with van der Waals surface area (Å²) in [6, 6.07) is 0. The van der Waals surface area contributed by atoms with Crippen molar-refractivity contribution in [2.45, 2.75) is 19.4 Å². The van der Waals surface area contributed by atoms with Crippen LogP contribution in [0.3, 0.4) is 0 Å². The summed E-state index contributed by atoms with van der Waals surface area (Å²) < 4.78 is 0. The van der Waals surface area contributed by atoms with E-state index in [4.69, 9.17) is 5.73 Å². The van der Waals surface area contributed by atoms with Crippen LogP contribution in [0.15, 0.2) is 6.20 Å². The maximum absolute atomic E-state index is 11.8. The Bertz CT molecular complexity index is 361. The van der Waals surface area contributed by atoms with Crippen molar-refractivity contribution in [3.63, 3.8) is 0 Å². The van der Waals surface area contributed by atoms with E-state index in [1.807, 2.05) is 13.8 Å². The molecule has 1 saturated heterocycles. The third-order valence-electron chi connectivity index (χ3n) is 2.45. The van der Waals surface area contributed by atoms with Gasteiger partial charge in [0.15, 0.2) is 0 Å². The molecule has 0 bridgehead atoms. The number of aromatic nitrogens is 2. The standard InChI is InChI=1S/C9H14N4O/c1-6-7(3-11-12-6)8(14)13-4-9(2,10)5-13/h3H,4-5,10H2,1-2H3,(H,11,12). The quantitative estimate of drug-likeness (QED) is 0.655. The fraction of sp³-hybridized carbons (Fsp3) is 0.556. The summed E-state index contributed by atoms with van der Waals surface area (Å²) in [6.07, 6.45) is 1.56. The fourth-order valence-corrected chi connectivity index (χ4v) is 1.71. The van der Waals surface area contributed by atoms with Crippen molar-refractivity contribution in [1.82, 2.24) is 15.1 Å². The normalized spacial score (nSPS) is 19.2. The average molecular weight is 194 g/mol. The second kappa shape index (κ2) is 2.81. The van der Waals surface area contributed by atoms with Gasteiger partial charge in [0.1, 0.15) is 0 Å². The first-order chi connectivity index (χ1) is 6.49. The Balaban J connectivity index is 2.08. The van der Waals surface area contributed by atoms with Gasteiger partial charge in [-0.2, -0.15) is 5.10 Å². The number of rotatable bonds is 1. The molecule has 1 aromatic heterocycles. The summed E-state index contributed by atoms with van der Waals surface area (Å²) >= 11 is 0. The van der Waals surface area contributed by atoms with E-state index in [0.717, 1.165) is 5.69 Å². The summed E-state index contributed by atoms with van der Waals surface area (Å²) in [6.45, 7) is 5.02. The number of nitrogens with two attached hydrogens (primary N) is 1. The van der Waals surface area contributed by atoms with Gasteiger partial charge >= 0.3 is 0 Å². The highest BCUT2D eigenvalue weighted by Crippen LogP contribution is 2.20. The molecule has 2 rings (SSSR count). The van der Waals surface area contributed by atoms with Crippen molar-refractivity contribution < 1.29 is 4.79 Å². The molecule has 1 fully saturated rings. The molecule has 14 heavy (non-hydrogen) atoms. The number of H-pyrrole nitrogens is 1. The van der Waals surface area contributed by atoms with Gasteiger partial charge in [0, 0.05) is 24.3 Å². The molecule has 0 spiro atoms. The first-order valence-corrected chi connectivity index (χ1v) is 4.58. The second-order valence-electron chi connectivity index (χ2n) is 4.22. The van der Waals surface area contributed by atoms with Gasteiger partial charge in [0.05, 0.1) is 11.8 Å². The number of aryl methyl sites for hydroxylation is 1. The van der Waals surface area contributed by atoms with Crippen LogP contribution in [0.2, 0.25) is 0 Å². The highest BCUT2D eigenvalue weighted by Gasteiger charge is 2.38. The van der Waals surface area contributed by atoms with E-state index in [1.54, 1.807) is 11.1 Å². The molecule has 0 radical (unpaired) electrons. The molecule has 1 aliphatic heterocycles. The SMILES string of the molecule is Cc1[nH]ncc1C(=O)N1CC(C)(N)C1. The van der Waals surface area contributed by atoms with Crippen LogP contribution in [0.4, 0.5) is 0 Å². The fourth-order valence-electron chi connectivity index (χ4n) is 1.71. The van der Waals surface area contributed by atoms with E-state index in [0.29, 0.717) is 18.7 Å². The van der Waals surface area contributed by atoms with Crippen molar-refractivity contribution in [1.29, 1.82) is 0 Å². The number of nitrogens with zero attached hydrogens (tertiary/aromatic N) is 2. The first-order valence-electron chi connectivity index (χ1n) is 4.58. The van der Waals surface area contributed by atoms with E-state index >= 15 is 0 Å². The zero-order chi connectivity index (χ0) is 10.3. The molecule has 0 aliphatic carbocycles. The van der Waals surface area contributed by atoms with Gasteiger partial charge in [-0.25, -0.2) is 0 Å². The predicted octanol–water partition coefficient (Wildman–Crippen LogP) is -0.109. The molecule has 1 amide bonds. The topological polar surface area (TPSA) is 75.0 Å². The summed E-state index contributed by atoms with van der Waals surface area (Å²) in [5, 5.41) is 6.56. The molecule has 0 saturated carbocycles. The highest BCUT2D eigenvalue weighted by molar-refractivity contribution is 5.95. The van der Waals surface area contributed by atoms with Crippen LogP contribution in [0.5, 0.6) is 0 Å². The van der Waals surface area contributed by atoms with E-state index in [2.05, 4.69) is 10.2 Å². The number of hydrogen-bond acceptors (Lipinski definition) is 3. The van der Waals surface area contributed by atoms with Gasteiger partial charge in [0.2, 0.25) is 0 Å². The lowest BCUT2D eigenvalue weighted by atomic mass is 9.93. The van der Waals surface area contributed by atoms with E-state index in [-0.39, 0.29) is 11.4 Å². The molecule has 3 N–H and O–H groups in total. The number of aromatic amines is 1. The van der Waals surface area contributed by atoms with Crippen molar-refractivity contribution in [2.75, 3.05) is 13.1 Å². The Kier molecular flexibility index (Phi) is 1.85. The van der Waals surface area contributed by atoms with Gasteiger partial charge in [-0.1, -0.05) is 0 Å². The van der Waals surface area contributed by atoms with Crippen molar-refractivity contribution in [3.05, 3.63) is 17.5 Å². The lowest BCUT2D eigenvalue weighted by molar-refractivity contribution is 0.0453. The van der Waals surface area contributed by atoms with Gasteiger partial charge in [0.25, 0.3) is 5.91 Å². The highest BCUT2D eigenvalue weighted by atomic mass is 16.2. The smallest absolute Gasteiger partial charge is 0.257 e. The maximum Gasteiger partial charge on any atom is 0.257 e. The number of hydrogen-bond donors (Lipinski definition) is 2. The predicted molar refractivity (Wildman–Crippen MR) is 51.8 cm³/mol. The molecule has 1 aromatic rings. The second-order valence-corrected chi connectivity index (χ2v) is 4.22. The third kappa shape index (κ3) is 1.39. The average Bonchev–Trinajstić information content (AvgIpc) is 2.45. The summed E-state index contributed by atoms with van der Waals surface area (Å²) in [5.41, 5.74) is 7.05. The van der Waals surface area contributed by atoms with E-state index < -0.39 is 0 Å². The van der Waals surface area contributed by atoms with Crippen LogP contribution >= 0.6 is 0 Å². The van der Waals surface area contributed by atoms with Crippen molar-refractivity contribution in [2.24, 2.45) is 5.73 Å². The molecule has 1 aliphatic rings. The number of nitrogens with one attached hydrogen (secondary N) is 1. The third-order valence-corrected chi connectivity index (χ3v) is 2.45. The van der Waals surface area contributed by atoms with Gasteiger partial charge in [-0.05, 0) is 13.8 Å². The Hall–Kier alpha value is -1.36. The van der Waals surface area contributed by atoms with Crippen LogP contribution in [-0.4, -0.2) is 39.6 Å². The Morgan fingerprint density at radius 3 is 2.79 bits per heavy atom. The molecular formula is C9H14N4O. The lowest BCUT2D eigenvalue weighted by Gasteiger charge is -2.45. The van der Waals surface area contributed by atoms with Gasteiger partial charge in [-0.3, -0.25) is 9.89 Å². The monoisotopic (exact) mass is 194 g/mol. The summed E-state index contributed by atoms with van der Waals surface area (Å²) in [4.78, 5) is 13.5. The first kappa shape index (κ1) is 9.21. The molecule has 5 heteroatoms. The van der Waals surface area contributed by atoms with Crippen molar-refractivity contribution >= 4 is 5.91 Å². The molecule has 0 atom stereocenters. The van der Waals surface area contributed by atoms with Crippen LogP contribution in [0.1, 0.15) is 23.0 Å². The van der Waals surface area contributed by atoms with Gasteiger partial charge in [-0.15, -0.1) is 0 Å².